The van der Waals surface area contributed by atoms with E-state index in [9.17, 15) is 18.0 Å². The Morgan fingerprint density at radius 2 is 1.61 bits per heavy atom. The van der Waals surface area contributed by atoms with Gasteiger partial charge in [-0.05, 0) is 49.7 Å². The van der Waals surface area contributed by atoms with Gasteiger partial charge in [-0.1, -0.05) is 30.3 Å². The van der Waals surface area contributed by atoms with E-state index in [2.05, 4.69) is 20.0 Å². The molecule has 1 atom stereocenters. The first kappa shape index (κ1) is 23.5. The molecule has 1 aromatic heterocycles. The van der Waals surface area contributed by atoms with Gasteiger partial charge in [0, 0.05) is 24.1 Å². The smallest absolute Gasteiger partial charge is 0.322 e. The summed E-state index contributed by atoms with van der Waals surface area (Å²) in [5, 5.41) is 2.90. The van der Waals surface area contributed by atoms with Crippen molar-refractivity contribution >= 4 is 33.6 Å². The molecule has 184 valence electrons. The van der Waals surface area contributed by atoms with Crippen LogP contribution < -0.4 is 14.9 Å². The number of rotatable bonds is 5. The first-order chi connectivity index (χ1) is 17.1. The third-order valence-corrected chi connectivity index (χ3v) is 7.50. The Morgan fingerprint density at radius 3 is 2.25 bits per heavy atom. The number of carbonyl (C=O) groups is 2. The lowest BCUT2D eigenvalue weighted by Gasteiger charge is -2.31. The number of likely N-dealkylation sites (N-methyl/N-ethyl adjacent to an activating group) is 1. The second-order valence-electron chi connectivity index (χ2n) is 8.68. The van der Waals surface area contributed by atoms with E-state index in [0.29, 0.717) is 28.3 Å². The normalized spacial score (nSPS) is 17.8. The third-order valence-electron chi connectivity index (χ3n) is 6.16. The highest BCUT2D eigenvalue weighted by Crippen LogP contribution is 2.37. The van der Waals surface area contributed by atoms with Crippen LogP contribution in [0.4, 0.5) is 16.4 Å². The quantitative estimate of drug-likeness (QED) is 0.551. The molecule has 0 bridgehead atoms. The Kier molecular flexibility index (Phi) is 5.71. The number of aryl methyl sites for hydroxylation is 2. The van der Waals surface area contributed by atoms with Crippen LogP contribution in [0.2, 0.25) is 0 Å². The van der Waals surface area contributed by atoms with Gasteiger partial charge in [0.1, 0.15) is 0 Å². The highest BCUT2D eigenvalue weighted by molar-refractivity contribution is 7.92. The van der Waals surface area contributed by atoms with Crippen molar-refractivity contribution in [3.63, 3.8) is 0 Å². The number of amides is 3. The Labute approximate surface area is 208 Å². The summed E-state index contributed by atoms with van der Waals surface area (Å²) in [6.45, 7) is 3.71. The number of sulfonamides is 1. The van der Waals surface area contributed by atoms with Crippen LogP contribution in [0, 0.1) is 13.8 Å². The van der Waals surface area contributed by atoms with Crippen LogP contribution in [-0.2, 0) is 14.8 Å². The van der Waals surface area contributed by atoms with Crippen LogP contribution in [0.25, 0.3) is 0 Å². The molecule has 2 aliphatic rings. The van der Waals surface area contributed by atoms with Crippen molar-refractivity contribution in [2.24, 2.45) is 0 Å². The number of hydrogen-bond acceptors (Lipinski definition) is 6. The number of aromatic nitrogens is 2. The Bertz CT molecular complexity index is 1480. The molecular weight excluding hydrogens is 480 g/mol. The largest absolute Gasteiger partial charge is 0.327 e. The molecule has 0 unspecified atom stereocenters. The van der Waals surface area contributed by atoms with E-state index in [1.807, 2.05) is 30.3 Å². The molecule has 0 saturated carbocycles. The first-order valence-electron chi connectivity index (χ1n) is 11.2. The van der Waals surface area contributed by atoms with Gasteiger partial charge in [0.25, 0.3) is 15.9 Å². The minimum Gasteiger partial charge on any atom is -0.327 e. The summed E-state index contributed by atoms with van der Waals surface area (Å²) in [5.41, 5.74) is 3.72. The number of carbonyl (C=O) groups excluding carboxylic acids is 2. The lowest BCUT2D eigenvalue weighted by Crippen LogP contribution is -2.45. The van der Waals surface area contributed by atoms with Crippen molar-refractivity contribution in [2.75, 3.05) is 23.2 Å². The monoisotopic (exact) mass is 504 g/mol. The highest BCUT2D eigenvalue weighted by Gasteiger charge is 2.43. The van der Waals surface area contributed by atoms with E-state index >= 15 is 0 Å². The predicted octanol–water partition coefficient (Wildman–Crippen LogP) is 2.89. The average Bonchev–Trinajstić information content (AvgIpc) is 3.18. The minimum absolute atomic E-state index is 0.00432. The number of urea groups is 1. The number of hydrogen-bond donors (Lipinski definition) is 2. The maximum Gasteiger partial charge on any atom is 0.322 e. The summed E-state index contributed by atoms with van der Waals surface area (Å²) < 4.78 is 28.1. The molecule has 0 radical (unpaired) electrons. The van der Waals surface area contributed by atoms with Gasteiger partial charge < -0.3 is 10.2 Å². The molecule has 3 amide bonds. The van der Waals surface area contributed by atoms with Gasteiger partial charge in [0.05, 0.1) is 28.8 Å². The van der Waals surface area contributed by atoms with Crippen molar-refractivity contribution in [1.29, 1.82) is 0 Å². The maximum atomic E-state index is 13.5. The maximum absolute atomic E-state index is 13.5. The van der Waals surface area contributed by atoms with Gasteiger partial charge in [-0.2, -0.15) is 0 Å². The van der Waals surface area contributed by atoms with Crippen molar-refractivity contribution in [3.05, 3.63) is 88.9 Å². The number of nitrogens with zero attached hydrogens (tertiary/aromatic N) is 4. The topological polar surface area (TPSA) is 125 Å². The van der Waals surface area contributed by atoms with Crippen LogP contribution in [0.5, 0.6) is 0 Å². The van der Waals surface area contributed by atoms with Gasteiger partial charge in [0.15, 0.2) is 0 Å². The van der Waals surface area contributed by atoms with Gasteiger partial charge in [-0.15, -0.1) is 0 Å². The molecule has 36 heavy (non-hydrogen) atoms. The van der Waals surface area contributed by atoms with E-state index in [0.717, 1.165) is 5.56 Å². The summed E-state index contributed by atoms with van der Waals surface area (Å²) in [7, 11) is -2.31. The molecule has 3 heterocycles. The molecule has 10 nitrogen and oxygen atoms in total. The minimum atomic E-state index is -3.93. The van der Waals surface area contributed by atoms with Crippen molar-refractivity contribution in [3.8, 4) is 0 Å². The molecule has 2 aliphatic heterocycles. The molecule has 2 N–H and O–H groups in total. The van der Waals surface area contributed by atoms with Crippen molar-refractivity contribution < 1.29 is 18.0 Å². The summed E-state index contributed by atoms with van der Waals surface area (Å²) in [6, 6.07) is 16.2. The fraction of sp³-hybridized carbons (Fsp3) is 0.200. The van der Waals surface area contributed by atoms with E-state index in [4.69, 9.17) is 0 Å². The Balaban J connectivity index is 1.41. The van der Waals surface area contributed by atoms with Crippen LogP contribution in [0.1, 0.15) is 23.0 Å². The molecule has 0 spiro atoms. The zero-order chi connectivity index (χ0) is 25.6. The van der Waals surface area contributed by atoms with E-state index in [1.165, 1.54) is 21.9 Å². The second-order valence-corrected chi connectivity index (χ2v) is 10.4. The number of benzene rings is 2. The summed E-state index contributed by atoms with van der Waals surface area (Å²) in [4.78, 5) is 37.3. The van der Waals surface area contributed by atoms with E-state index < -0.39 is 16.1 Å². The fourth-order valence-corrected chi connectivity index (χ4v) is 5.37. The molecule has 0 aliphatic carbocycles. The van der Waals surface area contributed by atoms with Crippen LogP contribution in [0.3, 0.4) is 0 Å². The van der Waals surface area contributed by atoms with Crippen LogP contribution in [0.15, 0.2) is 76.8 Å². The summed E-state index contributed by atoms with van der Waals surface area (Å²) in [6.07, 6.45) is 0. The SMILES string of the molecule is Cc1cc(C)nc(NS(=O)(=O)c2ccc(N3CC4=C(C3=O)[C@@H](c3ccccc3)NC(=O)N4C)cc2)n1. The third kappa shape index (κ3) is 4.17. The zero-order valence-corrected chi connectivity index (χ0v) is 20.7. The Morgan fingerprint density at radius 1 is 0.972 bits per heavy atom. The number of anilines is 2. The molecule has 2 aromatic carbocycles. The molecule has 0 saturated heterocycles. The van der Waals surface area contributed by atoms with Crippen molar-refractivity contribution in [2.45, 2.75) is 24.8 Å². The molecule has 3 aromatic rings. The fourth-order valence-electron chi connectivity index (χ4n) is 4.43. The van der Waals surface area contributed by atoms with Gasteiger partial charge in [-0.3, -0.25) is 9.69 Å². The van der Waals surface area contributed by atoms with E-state index in [1.54, 1.807) is 39.1 Å². The van der Waals surface area contributed by atoms with Crippen molar-refractivity contribution in [1.82, 2.24) is 20.2 Å². The molecule has 5 rings (SSSR count). The molecule has 0 fully saturated rings. The predicted molar refractivity (Wildman–Crippen MR) is 134 cm³/mol. The number of nitrogens with one attached hydrogen (secondary N) is 2. The highest BCUT2D eigenvalue weighted by atomic mass is 32.2. The first-order valence-corrected chi connectivity index (χ1v) is 12.7. The van der Waals surface area contributed by atoms with Gasteiger partial charge >= 0.3 is 6.03 Å². The summed E-state index contributed by atoms with van der Waals surface area (Å²) >= 11 is 0. The molecule has 11 heteroatoms. The lowest BCUT2D eigenvalue weighted by molar-refractivity contribution is -0.114. The average molecular weight is 505 g/mol. The van der Waals surface area contributed by atoms with Crippen LogP contribution >= 0.6 is 0 Å². The van der Waals surface area contributed by atoms with E-state index in [-0.39, 0.29) is 29.3 Å². The standard InChI is InChI=1S/C25H24N6O4S/c1-15-13-16(2)27-24(26-15)29-36(34,35)19-11-9-18(10-12-19)31-14-20-21(23(31)32)22(28-25(33)30(20)3)17-7-5-4-6-8-17/h4-13,22H,14H2,1-3H3,(H,28,33)(H,26,27,29)/t22-/m1/s1. The second kappa shape index (κ2) is 8.76. The Hall–Kier alpha value is -4.25. The molecular formula is C25H24N6O4S. The zero-order valence-electron chi connectivity index (χ0n) is 19.9. The van der Waals surface area contributed by atoms with Gasteiger partial charge in [-0.25, -0.2) is 27.9 Å². The summed E-state index contributed by atoms with van der Waals surface area (Å²) in [5.74, 6) is -0.251. The van der Waals surface area contributed by atoms with Gasteiger partial charge in [0.2, 0.25) is 5.95 Å². The van der Waals surface area contributed by atoms with Crippen LogP contribution in [-0.4, -0.2) is 48.8 Å². The lowest BCUT2D eigenvalue weighted by atomic mass is 9.96.